The number of carbonyl (C=O) groups excluding carboxylic acids is 2. The molecule has 2 aromatic carbocycles. The van der Waals surface area contributed by atoms with Gasteiger partial charge in [0.05, 0.1) is 17.8 Å². The van der Waals surface area contributed by atoms with Gasteiger partial charge < -0.3 is 4.74 Å². The molecule has 144 valence electrons. The molecule has 0 fully saturated rings. The van der Waals surface area contributed by atoms with Gasteiger partial charge in [-0.25, -0.2) is 4.68 Å². The number of halogens is 1. The number of nitrogens with zero attached hydrogens (tertiary/aromatic N) is 2. The third kappa shape index (κ3) is 4.31. The van der Waals surface area contributed by atoms with Gasteiger partial charge in [0, 0.05) is 21.8 Å². The molecule has 0 spiro atoms. The van der Waals surface area contributed by atoms with Crippen molar-refractivity contribution in [2.45, 2.75) is 33.3 Å². The zero-order chi connectivity index (χ0) is 20.3. The molecule has 0 saturated carbocycles. The van der Waals surface area contributed by atoms with Crippen molar-refractivity contribution in [1.82, 2.24) is 9.78 Å². The fourth-order valence-corrected chi connectivity index (χ4v) is 3.16. The average molecular weight is 397 g/mol. The van der Waals surface area contributed by atoms with Crippen molar-refractivity contribution in [2.75, 3.05) is 0 Å². The first-order valence-electron chi connectivity index (χ1n) is 8.96. The lowest BCUT2D eigenvalue weighted by molar-refractivity contribution is -0.145. The summed E-state index contributed by atoms with van der Waals surface area (Å²) >= 11 is 5.84. The molecule has 0 aliphatic heterocycles. The molecule has 1 aromatic heterocycles. The van der Waals surface area contributed by atoms with Crippen LogP contribution >= 0.6 is 11.6 Å². The first-order chi connectivity index (χ1) is 13.4. The Hall–Kier alpha value is -2.92. The quantitative estimate of drug-likeness (QED) is 0.454. The molecule has 0 radical (unpaired) electrons. The van der Waals surface area contributed by atoms with Gasteiger partial charge in [-0.3, -0.25) is 9.59 Å². The minimum Gasteiger partial charge on any atom is -0.454 e. The van der Waals surface area contributed by atoms with Crippen molar-refractivity contribution >= 4 is 23.4 Å². The van der Waals surface area contributed by atoms with E-state index < -0.39 is 12.1 Å². The van der Waals surface area contributed by atoms with Gasteiger partial charge >= 0.3 is 5.97 Å². The highest BCUT2D eigenvalue weighted by Gasteiger charge is 2.22. The molecule has 1 atom stereocenters. The lowest BCUT2D eigenvalue weighted by Crippen LogP contribution is -2.25. The molecule has 0 bridgehead atoms. The Morgan fingerprint density at radius 3 is 2.36 bits per heavy atom. The van der Waals surface area contributed by atoms with Crippen LogP contribution in [0.4, 0.5) is 0 Å². The maximum absolute atomic E-state index is 12.4. The standard InChI is InChI=1S/C22H21ClN2O3/c1-14-20(15(2)25(24-14)19-7-5-4-6-8-19)13-21(26)28-16(3)22(27)17-9-11-18(23)12-10-17/h4-12,16H,13H2,1-3H3/t16-/m1/s1. The van der Waals surface area contributed by atoms with Crippen molar-refractivity contribution in [3.8, 4) is 5.69 Å². The van der Waals surface area contributed by atoms with Gasteiger partial charge in [-0.2, -0.15) is 5.10 Å². The van der Waals surface area contributed by atoms with E-state index in [1.807, 2.05) is 44.2 Å². The molecule has 1 heterocycles. The van der Waals surface area contributed by atoms with Crippen molar-refractivity contribution < 1.29 is 14.3 Å². The Kier molecular flexibility index (Phi) is 5.95. The van der Waals surface area contributed by atoms with Crippen molar-refractivity contribution in [3.05, 3.63) is 82.1 Å². The number of Topliss-reactive ketones (excluding diaryl/α,β-unsaturated/α-hetero) is 1. The average Bonchev–Trinajstić information content (AvgIpc) is 2.97. The molecule has 3 rings (SSSR count). The summed E-state index contributed by atoms with van der Waals surface area (Å²) in [6.07, 6.45) is -0.818. The number of ketones is 1. The smallest absolute Gasteiger partial charge is 0.311 e. The Labute approximate surface area is 168 Å². The van der Waals surface area contributed by atoms with Gasteiger partial charge in [-0.15, -0.1) is 0 Å². The van der Waals surface area contributed by atoms with E-state index in [1.54, 1.807) is 35.9 Å². The summed E-state index contributed by atoms with van der Waals surface area (Å²) in [6, 6.07) is 16.2. The highest BCUT2D eigenvalue weighted by atomic mass is 35.5. The Bertz CT molecular complexity index is 995. The molecule has 0 N–H and O–H groups in total. The summed E-state index contributed by atoms with van der Waals surface area (Å²) in [6.45, 7) is 5.34. The molecular formula is C22H21ClN2O3. The SMILES string of the molecule is Cc1nn(-c2ccccc2)c(C)c1CC(=O)O[C@H](C)C(=O)c1ccc(Cl)cc1. The van der Waals surface area contributed by atoms with E-state index in [-0.39, 0.29) is 12.2 Å². The number of hydrogen-bond acceptors (Lipinski definition) is 4. The number of benzene rings is 2. The Morgan fingerprint density at radius 1 is 1.07 bits per heavy atom. The summed E-state index contributed by atoms with van der Waals surface area (Å²) < 4.78 is 7.17. The van der Waals surface area contributed by atoms with Crippen LogP contribution in [0, 0.1) is 13.8 Å². The summed E-state index contributed by atoms with van der Waals surface area (Å²) in [7, 11) is 0. The maximum atomic E-state index is 12.4. The molecule has 0 aliphatic rings. The van der Waals surface area contributed by atoms with Crippen LogP contribution in [0.3, 0.4) is 0 Å². The topological polar surface area (TPSA) is 61.2 Å². The lowest BCUT2D eigenvalue weighted by Gasteiger charge is -2.13. The van der Waals surface area contributed by atoms with Gasteiger partial charge in [0.15, 0.2) is 6.10 Å². The Morgan fingerprint density at radius 2 is 1.71 bits per heavy atom. The van der Waals surface area contributed by atoms with E-state index in [4.69, 9.17) is 16.3 Å². The van der Waals surface area contributed by atoms with E-state index in [0.717, 1.165) is 22.6 Å². The maximum Gasteiger partial charge on any atom is 0.311 e. The largest absolute Gasteiger partial charge is 0.454 e. The van der Waals surface area contributed by atoms with Crippen LogP contribution < -0.4 is 0 Å². The molecule has 0 saturated heterocycles. The van der Waals surface area contributed by atoms with Crippen LogP contribution in [-0.2, 0) is 16.0 Å². The van der Waals surface area contributed by atoms with Gasteiger partial charge in [0.25, 0.3) is 0 Å². The van der Waals surface area contributed by atoms with Gasteiger partial charge in [0.1, 0.15) is 0 Å². The lowest BCUT2D eigenvalue weighted by atomic mass is 10.1. The molecule has 0 aliphatic carbocycles. The van der Waals surface area contributed by atoms with Crippen LogP contribution in [0.25, 0.3) is 5.69 Å². The van der Waals surface area contributed by atoms with Gasteiger partial charge in [-0.1, -0.05) is 29.8 Å². The first-order valence-corrected chi connectivity index (χ1v) is 9.34. The van der Waals surface area contributed by atoms with Gasteiger partial charge in [-0.05, 0) is 57.2 Å². The first kappa shape index (κ1) is 19.8. The van der Waals surface area contributed by atoms with Crippen molar-refractivity contribution in [2.24, 2.45) is 0 Å². The predicted octanol–water partition coefficient (Wildman–Crippen LogP) is 4.50. The molecule has 3 aromatic rings. The van der Waals surface area contributed by atoms with Crippen LogP contribution in [-0.4, -0.2) is 27.6 Å². The van der Waals surface area contributed by atoms with E-state index in [2.05, 4.69) is 5.10 Å². The molecule has 6 heteroatoms. The third-order valence-corrected chi connectivity index (χ3v) is 4.82. The fourth-order valence-electron chi connectivity index (χ4n) is 3.04. The van der Waals surface area contributed by atoms with E-state index in [9.17, 15) is 9.59 Å². The van der Waals surface area contributed by atoms with E-state index in [0.29, 0.717) is 10.6 Å². The number of ether oxygens (including phenoxy) is 1. The zero-order valence-electron chi connectivity index (χ0n) is 16.0. The normalized spacial score (nSPS) is 11.9. The number of hydrogen-bond donors (Lipinski definition) is 0. The summed E-state index contributed by atoms with van der Waals surface area (Å²) in [4.78, 5) is 24.9. The minimum atomic E-state index is -0.876. The van der Waals surface area contributed by atoms with E-state index >= 15 is 0 Å². The summed E-state index contributed by atoms with van der Waals surface area (Å²) in [5, 5.41) is 5.08. The molecule has 28 heavy (non-hydrogen) atoms. The summed E-state index contributed by atoms with van der Waals surface area (Å²) in [5.74, 6) is -0.730. The summed E-state index contributed by atoms with van der Waals surface area (Å²) in [5.41, 5.74) is 3.82. The monoisotopic (exact) mass is 396 g/mol. The third-order valence-electron chi connectivity index (χ3n) is 4.57. The van der Waals surface area contributed by atoms with Crippen LogP contribution in [0.1, 0.15) is 34.2 Å². The van der Waals surface area contributed by atoms with E-state index in [1.165, 1.54) is 0 Å². The van der Waals surface area contributed by atoms with Crippen LogP contribution in [0.5, 0.6) is 0 Å². The second kappa shape index (κ2) is 8.40. The van der Waals surface area contributed by atoms with Gasteiger partial charge in [0.2, 0.25) is 5.78 Å². The number of para-hydroxylation sites is 1. The Balaban J connectivity index is 1.70. The van der Waals surface area contributed by atoms with Crippen LogP contribution in [0.15, 0.2) is 54.6 Å². The minimum absolute atomic E-state index is 0.0583. The number of esters is 1. The van der Waals surface area contributed by atoms with Crippen molar-refractivity contribution in [1.29, 1.82) is 0 Å². The molecule has 0 amide bonds. The second-order valence-corrected chi connectivity index (χ2v) is 7.01. The predicted molar refractivity (Wildman–Crippen MR) is 108 cm³/mol. The molecular weight excluding hydrogens is 376 g/mol. The number of aromatic nitrogens is 2. The molecule has 5 nitrogen and oxygen atoms in total. The second-order valence-electron chi connectivity index (χ2n) is 6.58. The highest BCUT2D eigenvalue weighted by Crippen LogP contribution is 2.19. The number of rotatable bonds is 6. The van der Waals surface area contributed by atoms with Crippen molar-refractivity contribution in [3.63, 3.8) is 0 Å². The zero-order valence-corrected chi connectivity index (χ0v) is 16.7. The van der Waals surface area contributed by atoms with Crippen LogP contribution in [0.2, 0.25) is 5.02 Å². The highest BCUT2D eigenvalue weighted by molar-refractivity contribution is 6.30. The number of carbonyl (C=O) groups is 2. The molecule has 0 unspecified atom stereocenters. The fraction of sp³-hybridized carbons (Fsp3) is 0.227. The number of aryl methyl sites for hydroxylation is 1.